The third-order valence-electron chi connectivity index (χ3n) is 1.32. The zero-order valence-electron chi connectivity index (χ0n) is 5.97. The average Bonchev–Trinajstić information content (AvgIpc) is 2.04. The van der Waals surface area contributed by atoms with Gasteiger partial charge in [0, 0.05) is 16.7 Å². The Kier molecular flexibility index (Phi) is 2.91. The van der Waals surface area contributed by atoms with Crippen molar-refractivity contribution in [3.8, 4) is 5.75 Å². The molecule has 2 nitrogen and oxygen atoms in total. The van der Waals surface area contributed by atoms with E-state index in [9.17, 15) is 0 Å². The summed E-state index contributed by atoms with van der Waals surface area (Å²) in [6.45, 7) is 0. The highest BCUT2D eigenvalue weighted by Gasteiger charge is 2.03. The van der Waals surface area contributed by atoms with Gasteiger partial charge in [0.05, 0.1) is 7.11 Å². The molecule has 0 heterocycles. The Morgan fingerprint density at radius 2 is 2.27 bits per heavy atom. The van der Waals surface area contributed by atoms with Gasteiger partial charge in [-0.3, -0.25) is 4.84 Å². The molecule has 0 spiro atoms. The van der Waals surface area contributed by atoms with Crippen molar-refractivity contribution in [2.45, 2.75) is 4.90 Å². The largest absolute Gasteiger partial charge is 0.495 e. The number of nitrogens with one attached hydrogen (secondary N) is 1. The topological polar surface area (TPSA) is 21.3 Å². The standard InChI is InChI=1S/C7H8ClNOS/c1-10-5-3-2-4-6(11)7(5)9-8/h2-4,9,11H,1H3. The van der Waals surface area contributed by atoms with Crippen LogP contribution in [-0.4, -0.2) is 7.11 Å². The van der Waals surface area contributed by atoms with E-state index < -0.39 is 0 Å². The van der Waals surface area contributed by atoms with Gasteiger partial charge in [-0.15, -0.1) is 12.6 Å². The molecule has 60 valence electrons. The molecular formula is C7H8ClNOS. The SMILES string of the molecule is COc1cccc(S)c1NCl. The number of hydrogen-bond donors (Lipinski definition) is 2. The summed E-state index contributed by atoms with van der Waals surface area (Å²) in [6, 6.07) is 5.49. The van der Waals surface area contributed by atoms with Crippen LogP contribution in [0.25, 0.3) is 0 Å². The summed E-state index contributed by atoms with van der Waals surface area (Å²) in [4.78, 5) is 3.25. The normalized spacial score (nSPS) is 9.36. The molecule has 11 heavy (non-hydrogen) atoms. The maximum Gasteiger partial charge on any atom is 0.144 e. The van der Waals surface area contributed by atoms with Crippen LogP contribution in [-0.2, 0) is 0 Å². The first-order valence-electron chi connectivity index (χ1n) is 3.02. The van der Waals surface area contributed by atoms with Crippen molar-refractivity contribution in [3.05, 3.63) is 18.2 Å². The Hall–Kier alpha value is -0.540. The van der Waals surface area contributed by atoms with Gasteiger partial charge in [-0.05, 0) is 12.1 Å². The van der Waals surface area contributed by atoms with Crippen LogP contribution in [0.3, 0.4) is 0 Å². The number of halogens is 1. The summed E-state index contributed by atoms with van der Waals surface area (Å²) < 4.78 is 5.02. The van der Waals surface area contributed by atoms with Gasteiger partial charge in [-0.25, -0.2) is 0 Å². The average molecular weight is 190 g/mol. The van der Waals surface area contributed by atoms with Crippen LogP contribution < -0.4 is 9.57 Å². The van der Waals surface area contributed by atoms with E-state index in [1.54, 1.807) is 7.11 Å². The zero-order chi connectivity index (χ0) is 8.27. The number of benzene rings is 1. The fourth-order valence-electron chi connectivity index (χ4n) is 0.785. The van der Waals surface area contributed by atoms with E-state index in [0.717, 1.165) is 4.90 Å². The van der Waals surface area contributed by atoms with Crippen molar-refractivity contribution in [1.82, 2.24) is 0 Å². The van der Waals surface area contributed by atoms with Crippen LogP contribution in [0, 0.1) is 0 Å². The van der Waals surface area contributed by atoms with Gasteiger partial charge in [0.15, 0.2) is 0 Å². The predicted molar refractivity (Wildman–Crippen MR) is 49.7 cm³/mol. The lowest BCUT2D eigenvalue weighted by molar-refractivity contribution is 0.416. The molecule has 0 bridgehead atoms. The fourth-order valence-corrected chi connectivity index (χ4v) is 1.30. The molecule has 1 aromatic carbocycles. The molecule has 0 saturated carbocycles. The maximum atomic E-state index is 5.44. The van der Waals surface area contributed by atoms with Crippen LogP contribution >= 0.6 is 24.4 Å². The first-order chi connectivity index (χ1) is 5.29. The Morgan fingerprint density at radius 3 is 2.73 bits per heavy atom. The molecular weight excluding hydrogens is 182 g/mol. The molecule has 0 aliphatic rings. The van der Waals surface area contributed by atoms with Gasteiger partial charge in [0.2, 0.25) is 0 Å². The van der Waals surface area contributed by atoms with Crippen molar-refractivity contribution >= 4 is 30.1 Å². The molecule has 1 rings (SSSR count). The van der Waals surface area contributed by atoms with E-state index in [0.29, 0.717) is 11.4 Å². The molecule has 1 aromatic rings. The molecule has 0 saturated heterocycles. The quantitative estimate of drug-likeness (QED) is 0.551. The summed E-state index contributed by atoms with van der Waals surface area (Å²) in [7, 11) is 1.58. The van der Waals surface area contributed by atoms with Gasteiger partial charge in [0.25, 0.3) is 0 Å². The van der Waals surface area contributed by atoms with Crippen LogP contribution in [0.5, 0.6) is 5.75 Å². The summed E-state index contributed by atoms with van der Waals surface area (Å²) in [5.41, 5.74) is 0.694. The van der Waals surface area contributed by atoms with Crippen LogP contribution in [0.1, 0.15) is 0 Å². The molecule has 0 aromatic heterocycles. The number of methoxy groups -OCH3 is 1. The molecule has 0 atom stereocenters. The van der Waals surface area contributed by atoms with Crippen LogP contribution in [0.15, 0.2) is 23.1 Å². The van der Waals surface area contributed by atoms with Crippen molar-refractivity contribution in [2.75, 3.05) is 11.9 Å². The molecule has 4 heteroatoms. The Balaban J connectivity index is 3.13. The third-order valence-corrected chi connectivity index (χ3v) is 1.88. The first kappa shape index (κ1) is 8.56. The summed E-state index contributed by atoms with van der Waals surface area (Å²) in [6.07, 6.45) is 0. The van der Waals surface area contributed by atoms with E-state index >= 15 is 0 Å². The highest BCUT2D eigenvalue weighted by atomic mass is 35.5. The molecule has 1 N–H and O–H groups in total. The molecule has 0 amide bonds. The highest BCUT2D eigenvalue weighted by molar-refractivity contribution is 7.80. The van der Waals surface area contributed by atoms with Crippen LogP contribution in [0.4, 0.5) is 5.69 Å². The fraction of sp³-hybridized carbons (Fsp3) is 0.143. The summed E-state index contributed by atoms with van der Waals surface area (Å²) in [5, 5.41) is 0. The van der Waals surface area contributed by atoms with Gasteiger partial charge < -0.3 is 4.74 Å². The number of thiol groups is 1. The molecule has 0 unspecified atom stereocenters. The zero-order valence-corrected chi connectivity index (χ0v) is 7.62. The van der Waals surface area contributed by atoms with Crippen molar-refractivity contribution in [1.29, 1.82) is 0 Å². The number of para-hydroxylation sites is 1. The van der Waals surface area contributed by atoms with E-state index in [1.165, 1.54) is 0 Å². The van der Waals surface area contributed by atoms with E-state index in [4.69, 9.17) is 16.5 Å². The van der Waals surface area contributed by atoms with Crippen LogP contribution in [0.2, 0.25) is 0 Å². The Morgan fingerprint density at radius 1 is 1.55 bits per heavy atom. The molecule has 0 fully saturated rings. The van der Waals surface area contributed by atoms with E-state index in [-0.39, 0.29) is 0 Å². The molecule has 0 radical (unpaired) electrons. The van der Waals surface area contributed by atoms with E-state index in [1.807, 2.05) is 18.2 Å². The predicted octanol–water partition coefficient (Wildman–Crippen LogP) is 2.55. The van der Waals surface area contributed by atoms with E-state index in [2.05, 4.69) is 17.5 Å². The first-order valence-corrected chi connectivity index (χ1v) is 3.84. The lowest BCUT2D eigenvalue weighted by atomic mass is 10.3. The Bertz CT molecular complexity index is 254. The third kappa shape index (κ3) is 1.73. The second kappa shape index (κ2) is 3.74. The minimum atomic E-state index is 0.688. The second-order valence-electron chi connectivity index (χ2n) is 1.95. The van der Waals surface area contributed by atoms with Gasteiger partial charge in [-0.1, -0.05) is 6.07 Å². The second-order valence-corrected chi connectivity index (χ2v) is 2.62. The highest BCUT2D eigenvalue weighted by Crippen LogP contribution is 2.30. The lowest BCUT2D eigenvalue weighted by Crippen LogP contribution is -1.89. The summed E-state index contributed by atoms with van der Waals surface area (Å²) >= 11 is 9.61. The minimum absolute atomic E-state index is 0.688. The number of rotatable bonds is 2. The smallest absolute Gasteiger partial charge is 0.144 e. The van der Waals surface area contributed by atoms with Crippen molar-refractivity contribution < 1.29 is 4.74 Å². The van der Waals surface area contributed by atoms with Gasteiger partial charge in [0.1, 0.15) is 11.4 Å². The molecule has 0 aliphatic carbocycles. The lowest BCUT2D eigenvalue weighted by Gasteiger charge is -2.07. The van der Waals surface area contributed by atoms with Crippen molar-refractivity contribution in [3.63, 3.8) is 0 Å². The minimum Gasteiger partial charge on any atom is -0.495 e. The monoisotopic (exact) mass is 189 g/mol. The Labute approximate surface area is 76.0 Å². The molecule has 0 aliphatic heterocycles. The number of ether oxygens (including phenoxy) is 1. The van der Waals surface area contributed by atoms with Gasteiger partial charge >= 0.3 is 0 Å². The number of hydrogen-bond acceptors (Lipinski definition) is 3. The summed E-state index contributed by atoms with van der Waals surface area (Å²) in [5.74, 6) is 0.688. The van der Waals surface area contributed by atoms with Gasteiger partial charge in [-0.2, -0.15) is 0 Å². The van der Waals surface area contributed by atoms with Crippen molar-refractivity contribution in [2.24, 2.45) is 0 Å². The maximum absolute atomic E-state index is 5.44. The number of anilines is 1.